The Kier molecular flexibility index (Phi) is 7.02. The predicted octanol–water partition coefficient (Wildman–Crippen LogP) is 0.955. The number of nitrogens with zero attached hydrogens (tertiary/aromatic N) is 1. The molecule has 3 rings (SSSR count). The van der Waals surface area contributed by atoms with Crippen LogP contribution in [0, 0.1) is 11.8 Å². The quantitative estimate of drug-likeness (QED) is 0.365. The van der Waals surface area contributed by atoms with Crippen molar-refractivity contribution >= 4 is 17.9 Å². The molecule has 0 bridgehead atoms. The number of carbonyl (C=O) groups is 3. The first kappa shape index (κ1) is 24.7. The first-order valence-corrected chi connectivity index (χ1v) is 11.4. The molecule has 3 aliphatic rings. The van der Waals surface area contributed by atoms with Crippen molar-refractivity contribution < 1.29 is 38.8 Å². The average molecular weight is 454 g/mol. The van der Waals surface area contributed by atoms with Crippen molar-refractivity contribution in [2.75, 3.05) is 19.7 Å². The summed E-state index contributed by atoms with van der Waals surface area (Å²) < 4.78 is 16.6. The summed E-state index contributed by atoms with van der Waals surface area (Å²) in [5.41, 5.74) is -3.38. The smallest absolute Gasteiger partial charge is 0.342 e. The Labute approximate surface area is 188 Å². The molecule has 3 aliphatic heterocycles. The average Bonchev–Trinajstić information content (AvgIpc) is 3.32. The van der Waals surface area contributed by atoms with Crippen LogP contribution in [0.3, 0.4) is 0 Å². The second kappa shape index (κ2) is 9.11. The highest BCUT2D eigenvalue weighted by Gasteiger charge is 2.52. The van der Waals surface area contributed by atoms with Gasteiger partial charge >= 0.3 is 17.9 Å². The molecule has 180 valence electrons. The van der Waals surface area contributed by atoms with Gasteiger partial charge in [-0.3, -0.25) is 9.69 Å². The topological polar surface area (TPSA) is 123 Å². The summed E-state index contributed by atoms with van der Waals surface area (Å²) in [4.78, 5) is 40.9. The summed E-state index contributed by atoms with van der Waals surface area (Å²) >= 11 is 0. The van der Waals surface area contributed by atoms with Crippen molar-refractivity contribution in [1.29, 1.82) is 0 Å². The Hall–Kier alpha value is -1.97. The molecule has 0 amide bonds. The van der Waals surface area contributed by atoms with Gasteiger partial charge in [0, 0.05) is 13.1 Å². The van der Waals surface area contributed by atoms with Crippen LogP contribution in [0.4, 0.5) is 0 Å². The fourth-order valence-corrected chi connectivity index (χ4v) is 4.84. The fourth-order valence-electron chi connectivity index (χ4n) is 4.84. The third kappa shape index (κ3) is 4.18. The van der Waals surface area contributed by atoms with Crippen molar-refractivity contribution in [3.05, 3.63) is 11.6 Å². The molecule has 0 aromatic carbocycles. The van der Waals surface area contributed by atoms with Gasteiger partial charge in [0.05, 0.1) is 12.5 Å². The van der Waals surface area contributed by atoms with Gasteiger partial charge in [-0.25, -0.2) is 9.59 Å². The van der Waals surface area contributed by atoms with Gasteiger partial charge in [-0.15, -0.1) is 0 Å². The molecule has 6 unspecified atom stereocenters. The Morgan fingerprint density at radius 2 is 1.84 bits per heavy atom. The van der Waals surface area contributed by atoms with E-state index in [0.29, 0.717) is 25.9 Å². The summed E-state index contributed by atoms with van der Waals surface area (Å²) in [6.07, 6.45) is 0.502. The van der Waals surface area contributed by atoms with Gasteiger partial charge in [-0.2, -0.15) is 0 Å². The summed E-state index contributed by atoms with van der Waals surface area (Å²) in [6, 6.07) is -0.271. The minimum absolute atomic E-state index is 0.0701. The second-order valence-electron chi connectivity index (χ2n) is 9.55. The molecule has 0 radical (unpaired) electrons. The number of hydrogen-bond acceptors (Lipinski definition) is 9. The highest BCUT2D eigenvalue weighted by Crippen LogP contribution is 2.35. The fraction of sp³-hybridized carbons (Fsp3) is 0.783. The summed E-state index contributed by atoms with van der Waals surface area (Å²) in [6.45, 7) is 9.38. The van der Waals surface area contributed by atoms with E-state index in [-0.39, 0.29) is 12.6 Å². The Morgan fingerprint density at radius 1 is 1.16 bits per heavy atom. The largest absolute Gasteiger partial charge is 0.459 e. The third-order valence-electron chi connectivity index (χ3n) is 7.37. The van der Waals surface area contributed by atoms with Crippen molar-refractivity contribution in [3.63, 3.8) is 0 Å². The van der Waals surface area contributed by atoms with E-state index in [1.807, 2.05) is 6.08 Å². The van der Waals surface area contributed by atoms with Gasteiger partial charge in [0.1, 0.15) is 18.8 Å². The molecule has 0 aliphatic carbocycles. The van der Waals surface area contributed by atoms with E-state index < -0.39 is 59.6 Å². The van der Waals surface area contributed by atoms with Crippen molar-refractivity contribution in [3.8, 4) is 0 Å². The first-order chi connectivity index (χ1) is 14.9. The molecule has 2 fully saturated rings. The Balaban J connectivity index is 1.99. The predicted molar refractivity (Wildman–Crippen MR) is 113 cm³/mol. The highest BCUT2D eigenvalue weighted by molar-refractivity contribution is 5.87. The molecule has 2 saturated heterocycles. The van der Waals surface area contributed by atoms with Gasteiger partial charge in [-0.1, -0.05) is 40.2 Å². The second-order valence-corrected chi connectivity index (χ2v) is 9.55. The lowest BCUT2D eigenvalue weighted by atomic mass is 9.83. The zero-order valence-corrected chi connectivity index (χ0v) is 19.5. The van der Waals surface area contributed by atoms with Crippen molar-refractivity contribution in [2.24, 2.45) is 11.8 Å². The number of aliphatic hydroxyl groups is 2. The van der Waals surface area contributed by atoms with Crippen LogP contribution in [-0.4, -0.2) is 82.2 Å². The maximum Gasteiger partial charge on any atom is 0.342 e. The first-order valence-electron chi connectivity index (χ1n) is 11.4. The van der Waals surface area contributed by atoms with Crippen LogP contribution >= 0.6 is 0 Å². The molecular weight excluding hydrogens is 418 g/mol. The normalized spacial score (nSPS) is 37.8. The summed E-state index contributed by atoms with van der Waals surface area (Å²) in [5.74, 6) is -3.83. The van der Waals surface area contributed by atoms with Gasteiger partial charge in [-0.05, 0) is 30.8 Å². The SMILES string of the molecule is CCC(C)C1(O)CC(=O)OC(C)C(O)(C(C)C)C(=O)OCC2=CCN3CCC(OC1=O)C23. The lowest BCUT2D eigenvalue weighted by Gasteiger charge is -2.37. The number of ether oxygens (including phenoxy) is 3. The van der Waals surface area contributed by atoms with Gasteiger partial charge in [0.25, 0.3) is 0 Å². The number of cyclic esters (lactones) is 2. The number of carbonyl (C=O) groups excluding carboxylic acids is 3. The van der Waals surface area contributed by atoms with E-state index in [1.165, 1.54) is 6.92 Å². The lowest BCUT2D eigenvalue weighted by molar-refractivity contribution is -0.200. The van der Waals surface area contributed by atoms with E-state index in [4.69, 9.17) is 14.2 Å². The minimum atomic E-state index is -2.08. The Morgan fingerprint density at radius 3 is 2.47 bits per heavy atom. The van der Waals surface area contributed by atoms with Crippen LogP contribution in [0.5, 0.6) is 0 Å². The van der Waals surface area contributed by atoms with Crippen molar-refractivity contribution in [1.82, 2.24) is 4.90 Å². The van der Waals surface area contributed by atoms with E-state index in [0.717, 1.165) is 5.57 Å². The molecule has 0 saturated carbocycles. The number of esters is 3. The van der Waals surface area contributed by atoms with Gasteiger partial charge < -0.3 is 24.4 Å². The Bertz CT molecular complexity index is 795. The summed E-state index contributed by atoms with van der Waals surface area (Å²) in [7, 11) is 0. The highest BCUT2D eigenvalue weighted by atomic mass is 16.6. The number of rotatable bonds is 3. The molecule has 32 heavy (non-hydrogen) atoms. The van der Waals surface area contributed by atoms with E-state index in [2.05, 4.69) is 4.90 Å². The molecule has 9 heteroatoms. The monoisotopic (exact) mass is 453 g/mol. The molecule has 0 aromatic heterocycles. The van der Waals surface area contributed by atoms with Crippen LogP contribution in [0.2, 0.25) is 0 Å². The third-order valence-corrected chi connectivity index (χ3v) is 7.37. The zero-order chi connectivity index (χ0) is 23.8. The van der Waals surface area contributed by atoms with E-state index >= 15 is 0 Å². The molecule has 3 heterocycles. The minimum Gasteiger partial charge on any atom is -0.459 e. The van der Waals surface area contributed by atoms with Crippen LogP contribution < -0.4 is 0 Å². The maximum absolute atomic E-state index is 13.1. The van der Waals surface area contributed by atoms with Gasteiger partial charge in [0.2, 0.25) is 5.60 Å². The number of hydrogen-bond donors (Lipinski definition) is 2. The van der Waals surface area contributed by atoms with Gasteiger partial charge in [0.15, 0.2) is 5.60 Å². The molecular formula is C23H35NO8. The molecule has 6 atom stereocenters. The van der Waals surface area contributed by atoms with Crippen LogP contribution in [-0.2, 0) is 28.6 Å². The van der Waals surface area contributed by atoms with Crippen molar-refractivity contribution in [2.45, 2.75) is 83.3 Å². The van der Waals surface area contributed by atoms with E-state index in [9.17, 15) is 24.6 Å². The van der Waals surface area contributed by atoms with Crippen LogP contribution in [0.1, 0.15) is 53.9 Å². The molecule has 2 N–H and O–H groups in total. The molecule has 0 aromatic rings. The van der Waals surface area contributed by atoms with E-state index in [1.54, 1.807) is 27.7 Å². The summed E-state index contributed by atoms with van der Waals surface area (Å²) in [5, 5.41) is 22.4. The maximum atomic E-state index is 13.1. The zero-order valence-electron chi connectivity index (χ0n) is 19.5. The van der Waals surface area contributed by atoms with Crippen LogP contribution in [0.15, 0.2) is 11.6 Å². The molecule has 9 nitrogen and oxygen atoms in total. The standard InChI is InChI=1S/C23H35NO8/c1-6-14(4)22(28)11-18(25)31-15(5)23(29,13(2)3)21(27)30-12-16-7-9-24-10-8-17(19(16)24)32-20(22)26/h7,13-15,17,19,28-29H,6,8-12H2,1-5H3. The molecule has 0 spiro atoms. The lowest BCUT2D eigenvalue weighted by Crippen LogP contribution is -2.56. The van der Waals surface area contributed by atoms with Crippen LogP contribution in [0.25, 0.3) is 0 Å².